The molecular formula is C8H14N4O2. The molecule has 1 aromatic heterocycles. The molecule has 4 N–H and O–H groups in total. The molecule has 0 aliphatic carbocycles. The lowest BCUT2D eigenvalue weighted by atomic mass is 10.5. The van der Waals surface area contributed by atoms with Gasteiger partial charge in [0.2, 0.25) is 0 Å². The van der Waals surface area contributed by atoms with Gasteiger partial charge in [0.1, 0.15) is 5.82 Å². The Balaban J connectivity index is 2.47. The van der Waals surface area contributed by atoms with Crippen molar-refractivity contribution in [3.05, 3.63) is 22.7 Å². The van der Waals surface area contributed by atoms with Gasteiger partial charge in [-0.15, -0.1) is 0 Å². The molecule has 6 nitrogen and oxygen atoms in total. The molecule has 0 saturated heterocycles. The Morgan fingerprint density at radius 3 is 3.00 bits per heavy atom. The summed E-state index contributed by atoms with van der Waals surface area (Å²) in [7, 11) is 0. The van der Waals surface area contributed by atoms with Gasteiger partial charge in [-0.05, 0) is 6.07 Å². The smallest absolute Gasteiger partial charge is 0.349 e. The van der Waals surface area contributed by atoms with Crippen molar-refractivity contribution in [2.45, 2.75) is 6.54 Å². The number of nitrogens with two attached hydrogens (primary N) is 1. The zero-order valence-corrected chi connectivity index (χ0v) is 7.81. The van der Waals surface area contributed by atoms with Crippen molar-refractivity contribution in [3.63, 3.8) is 0 Å². The molecule has 0 bridgehead atoms. The van der Waals surface area contributed by atoms with Crippen LogP contribution < -0.4 is 16.7 Å². The lowest BCUT2D eigenvalue weighted by Gasteiger charge is -2.05. The second kappa shape index (κ2) is 5.36. The molecule has 0 aromatic carbocycles. The van der Waals surface area contributed by atoms with Gasteiger partial charge < -0.3 is 16.2 Å². The Morgan fingerprint density at radius 1 is 1.57 bits per heavy atom. The SMILES string of the molecule is Nc1ccn(CCNCCO)c(=O)n1. The van der Waals surface area contributed by atoms with E-state index >= 15 is 0 Å². The highest BCUT2D eigenvalue weighted by atomic mass is 16.3. The average molecular weight is 198 g/mol. The topological polar surface area (TPSA) is 93.2 Å². The fourth-order valence-corrected chi connectivity index (χ4v) is 1.02. The van der Waals surface area contributed by atoms with Gasteiger partial charge in [0.05, 0.1) is 6.61 Å². The van der Waals surface area contributed by atoms with Gasteiger partial charge in [-0.2, -0.15) is 4.98 Å². The highest BCUT2D eigenvalue weighted by Crippen LogP contribution is 1.88. The van der Waals surface area contributed by atoms with Gasteiger partial charge >= 0.3 is 5.69 Å². The molecule has 0 aliphatic rings. The molecule has 0 radical (unpaired) electrons. The second-order valence-electron chi connectivity index (χ2n) is 2.80. The number of nitrogens with zero attached hydrogens (tertiary/aromatic N) is 2. The molecule has 14 heavy (non-hydrogen) atoms. The van der Waals surface area contributed by atoms with Crippen LogP contribution in [0.1, 0.15) is 0 Å². The standard InChI is InChI=1S/C8H14N4O2/c9-7-1-4-12(8(14)11-7)5-2-10-3-6-13/h1,4,10,13H,2-3,5-6H2,(H2,9,11,14). The van der Waals surface area contributed by atoms with E-state index in [2.05, 4.69) is 10.3 Å². The van der Waals surface area contributed by atoms with Crippen LogP contribution in [0.15, 0.2) is 17.1 Å². The van der Waals surface area contributed by atoms with E-state index in [1.807, 2.05) is 0 Å². The van der Waals surface area contributed by atoms with E-state index in [0.29, 0.717) is 19.6 Å². The summed E-state index contributed by atoms with van der Waals surface area (Å²) in [6, 6.07) is 1.58. The van der Waals surface area contributed by atoms with Crippen molar-refractivity contribution in [2.24, 2.45) is 0 Å². The van der Waals surface area contributed by atoms with E-state index < -0.39 is 0 Å². The minimum atomic E-state index is -0.351. The summed E-state index contributed by atoms with van der Waals surface area (Å²) in [4.78, 5) is 14.8. The maximum atomic E-state index is 11.2. The van der Waals surface area contributed by atoms with Crippen LogP contribution in [0.25, 0.3) is 0 Å². The maximum absolute atomic E-state index is 11.2. The van der Waals surface area contributed by atoms with E-state index in [0.717, 1.165) is 0 Å². The van der Waals surface area contributed by atoms with Gasteiger partial charge in [0.15, 0.2) is 0 Å². The monoisotopic (exact) mass is 198 g/mol. The number of hydrogen-bond donors (Lipinski definition) is 3. The maximum Gasteiger partial charge on any atom is 0.349 e. The van der Waals surface area contributed by atoms with E-state index in [4.69, 9.17) is 10.8 Å². The molecule has 0 unspecified atom stereocenters. The first-order chi connectivity index (χ1) is 6.74. The molecule has 1 rings (SSSR count). The Kier molecular flexibility index (Phi) is 4.09. The third-order valence-corrected chi connectivity index (χ3v) is 1.71. The van der Waals surface area contributed by atoms with E-state index in [1.54, 1.807) is 12.3 Å². The summed E-state index contributed by atoms with van der Waals surface area (Å²) in [6.45, 7) is 1.75. The predicted molar refractivity (Wildman–Crippen MR) is 52.9 cm³/mol. The Morgan fingerprint density at radius 2 is 2.36 bits per heavy atom. The fourth-order valence-electron chi connectivity index (χ4n) is 1.02. The van der Waals surface area contributed by atoms with Crippen molar-refractivity contribution in [3.8, 4) is 0 Å². The first-order valence-corrected chi connectivity index (χ1v) is 4.38. The van der Waals surface area contributed by atoms with E-state index in [1.165, 1.54) is 4.57 Å². The van der Waals surface area contributed by atoms with Crippen LogP contribution in [0.3, 0.4) is 0 Å². The van der Waals surface area contributed by atoms with Gasteiger partial charge in [-0.25, -0.2) is 4.79 Å². The summed E-state index contributed by atoms with van der Waals surface area (Å²) in [5, 5.41) is 11.5. The van der Waals surface area contributed by atoms with Gasteiger partial charge in [0, 0.05) is 25.8 Å². The third kappa shape index (κ3) is 3.15. The molecular weight excluding hydrogens is 184 g/mol. The van der Waals surface area contributed by atoms with Crippen LogP contribution in [0, 0.1) is 0 Å². The minimum absolute atomic E-state index is 0.0921. The Bertz CT molecular complexity index is 336. The predicted octanol–water partition coefficient (Wildman–Crippen LogP) is -1.59. The Labute approximate surface area is 81.4 Å². The molecule has 0 fully saturated rings. The largest absolute Gasteiger partial charge is 0.395 e. The van der Waals surface area contributed by atoms with Crippen LogP contribution in [-0.4, -0.2) is 34.4 Å². The van der Waals surface area contributed by atoms with Crippen molar-refractivity contribution in [1.29, 1.82) is 0 Å². The average Bonchev–Trinajstić information content (AvgIpc) is 2.15. The lowest BCUT2D eigenvalue weighted by molar-refractivity contribution is 0.291. The van der Waals surface area contributed by atoms with Gasteiger partial charge in [-0.3, -0.25) is 4.57 Å². The number of hydrogen-bond acceptors (Lipinski definition) is 5. The van der Waals surface area contributed by atoms with Crippen molar-refractivity contribution < 1.29 is 5.11 Å². The van der Waals surface area contributed by atoms with Gasteiger partial charge in [0.25, 0.3) is 0 Å². The molecule has 0 aliphatic heterocycles. The fraction of sp³-hybridized carbons (Fsp3) is 0.500. The molecule has 1 heterocycles. The lowest BCUT2D eigenvalue weighted by Crippen LogP contribution is -2.29. The van der Waals surface area contributed by atoms with Crippen LogP contribution in [0.5, 0.6) is 0 Å². The van der Waals surface area contributed by atoms with Crippen LogP contribution in [-0.2, 0) is 6.54 Å². The number of nitrogen functional groups attached to an aromatic ring is 1. The van der Waals surface area contributed by atoms with Crippen molar-refractivity contribution in [1.82, 2.24) is 14.9 Å². The van der Waals surface area contributed by atoms with Crippen LogP contribution in [0.2, 0.25) is 0 Å². The number of nitrogens with one attached hydrogen (secondary N) is 1. The number of anilines is 1. The molecule has 1 aromatic rings. The number of aliphatic hydroxyl groups is 1. The minimum Gasteiger partial charge on any atom is -0.395 e. The second-order valence-corrected chi connectivity index (χ2v) is 2.80. The molecule has 0 amide bonds. The van der Waals surface area contributed by atoms with Crippen LogP contribution >= 0.6 is 0 Å². The molecule has 0 spiro atoms. The zero-order chi connectivity index (χ0) is 10.4. The van der Waals surface area contributed by atoms with E-state index in [9.17, 15) is 4.79 Å². The summed E-state index contributed by atoms with van der Waals surface area (Å²) in [5.41, 5.74) is 4.98. The van der Waals surface area contributed by atoms with Gasteiger partial charge in [-0.1, -0.05) is 0 Å². The highest BCUT2D eigenvalue weighted by Gasteiger charge is 1.96. The van der Waals surface area contributed by atoms with Crippen molar-refractivity contribution >= 4 is 5.82 Å². The normalized spacial score (nSPS) is 10.4. The molecule has 0 atom stereocenters. The van der Waals surface area contributed by atoms with E-state index in [-0.39, 0.29) is 18.1 Å². The first-order valence-electron chi connectivity index (χ1n) is 4.38. The number of aliphatic hydroxyl groups excluding tert-OH is 1. The highest BCUT2D eigenvalue weighted by molar-refractivity contribution is 5.23. The summed E-state index contributed by atoms with van der Waals surface area (Å²) < 4.78 is 1.46. The first kappa shape index (κ1) is 10.7. The summed E-state index contributed by atoms with van der Waals surface area (Å²) >= 11 is 0. The summed E-state index contributed by atoms with van der Waals surface area (Å²) in [6.07, 6.45) is 1.60. The quantitative estimate of drug-likeness (QED) is 0.496. The van der Waals surface area contributed by atoms with Crippen molar-refractivity contribution in [2.75, 3.05) is 25.4 Å². The zero-order valence-electron chi connectivity index (χ0n) is 7.81. The van der Waals surface area contributed by atoms with Crippen LogP contribution in [0.4, 0.5) is 5.82 Å². The Hall–Kier alpha value is -1.40. The molecule has 6 heteroatoms. The summed E-state index contributed by atoms with van der Waals surface area (Å²) in [5.74, 6) is 0.231. The molecule has 78 valence electrons. The number of aromatic nitrogens is 2. The third-order valence-electron chi connectivity index (χ3n) is 1.71. The molecule has 0 saturated carbocycles. The number of rotatable bonds is 5.